The van der Waals surface area contributed by atoms with E-state index in [-0.39, 0.29) is 40.2 Å². The van der Waals surface area contributed by atoms with Crippen molar-refractivity contribution >= 4 is 21.6 Å². The van der Waals surface area contributed by atoms with Gasteiger partial charge in [-0.15, -0.1) is 0 Å². The molecule has 0 radical (unpaired) electrons. The molecule has 172 valence electrons. The Hall–Kier alpha value is -3.00. The third kappa shape index (κ3) is 3.57. The largest absolute Gasteiger partial charge is 0.509 e. The molecule has 1 fully saturated rings. The molecule has 8 heteroatoms. The van der Waals surface area contributed by atoms with Crippen LogP contribution in [0, 0.1) is 11.2 Å². The zero-order valence-corrected chi connectivity index (χ0v) is 19.5. The quantitative estimate of drug-likeness (QED) is 0.718. The van der Waals surface area contributed by atoms with Gasteiger partial charge < -0.3 is 10.0 Å². The fourth-order valence-electron chi connectivity index (χ4n) is 4.80. The van der Waals surface area contributed by atoms with Gasteiger partial charge in [0, 0.05) is 12.1 Å². The lowest BCUT2D eigenvalue weighted by Gasteiger charge is -2.35. The van der Waals surface area contributed by atoms with Gasteiger partial charge in [0.05, 0.1) is 10.9 Å². The molecule has 5 rings (SSSR count). The maximum Gasteiger partial charge on any atom is 0.283 e. The fraction of sp³-hybridized carbons (Fsp3) is 0.360. The van der Waals surface area contributed by atoms with Crippen molar-refractivity contribution in [2.24, 2.45) is 9.81 Å². The normalized spacial score (nSPS) is 22.1. The second kappa shape index (κ2) is 7.25. The number of rotatable bonds is 4. The summed E-state index contributed by atoms with van der Waals surface area (Å²) in [7, 11) is -3.95. The van der Waals surface area contributed by atoms with Crippen molar-refractivity contribution in [3.8, 4) is 0 Å². The van der Waals surface area contributed by atoms with E-state index in [1.165, 1.54) is 17.0 Å². The van der Waals surface area contributed by atoms with E-state index in [0.29, 0.717) is 11.1 Å². The van der Waals surface area contributed by atoms with Crippen LogP contribution < -0.4 is 0 Å². The lowest BCUT2D eigenvalue weighted by atomic mass is 9.84. The standard InChI is InChI=1S/C25H25FN2O4S/c1-25(2,3)23-22(29)20(21-16-6-4-5-7-19(16)33(31,32)27-21)24(30)28(23)13-14-8-11-18(26)17(12-14)15-9-10-15/h4-8,11-12,15,23,29H,9-10,13H2,1-3H3/t23-/m1/s1. The first-order valence-corrected chi connectivity index (χ1v) is 12.4. The van der Waals surface area contributed by atoms with Gasteiger partial charge in [-0.2, -0.15) is 12.8 Å². The number of aliphatic hydroxyl groups excluding tert-OH is 1. The molecule has 0 saturated heterocycles. The van der Waals surface area contributed by atoms with Gasteiger partial charge in [-0.3, -0.25) is 4.79 Å². The maximum absolute atomic E-state index is 14.3. The molecule has 1 aliphatic carbocycles. The highest BCUT2D eigenvalue weighted by Crippen LogP contribution is 2.43. The van der Waals surface area contributed by atoms with Gasteiger partial charge in [0.25, 0.3) is 15.9 Å². The Morgan fingerprint density at radius 2 is 1.85 bits per heavy atom. The summed E-state index contributed by atoms with van der Waals surface area (Å²) in [6, 6.07) is 10.5. The first-order chi connectivity index (χ1) is 15.5. The Morgan fingerprint density at radius 3 is 2.52 bits per heavy atom. The molecular formula is C25H25FN2O4S. The Kier molecular flexibility index (Phi) is 4.79. The molecule has 0 unspecified atom stereocenters. The molecule has 1 saturated carbocycles. The number of aliphatic hydroxyl groups is 1. The number of amides is 1. The summed E-state index contributed by atoms with van der Waals surface area (Å²) in [6.07, 6.45) is 1.90. The molecule has 3 aliphatic rings. The van der Waals surface area contributed by atoms with Gasteiger partial charge in [0.15, 0.2) is 0 Å². The second-order valence-corrected chi connectivity index (χ2v) is 11.6. The minimum absolute atomic E-state index is 0.0199. The van der Waals surface area contributed by atoms with Gasteiger partial charge in [-0.25, -0.2) is 4.39 Å². The summed E-state index contributed by atoms with van der Waals surface area (Å²) in [6.45, 7) is 5.87. The first kappa shape index (κ1) is 21.8. The predicted octanol–water partition coefficient (Wildman–Crippen LogP) is 4.46. The van der Waals surface area contributed by atoms with E-state index in [9.17, 15) is 22.7 Å². The number of carbonyl (C=O) groups is 1. The summed E-state index contributed by atoms with van der Waals surface area (Å²) >= 11 is 0. The molecule has 33 heavy (non-hydrogen) atoms. The van der Waals surface area contributed by atoms with Gasteiger partial charge in [0.2, 0.25) is 0 Å². The van der Waals surface area contributed by atoms with Crippen molar-refractivity contribution in [3.63, 3.8) is 0 Å². The summed E-state index contributed by atoms with van der Waals surface area (Å²) in [5, 5.41) is 11.2. The molecule has 2 aromatic rings. The van der Waals surface area contributed by atoms with E-state index in [2.05, 4.69) is 4.40 Å². The second-order valence-electron chi connectivity index (χ2n) is 10.0. The lowest BCUT2D eigenvalue weighted by Crippen LogP contribution is -2.43. The molecule has 2 heterocycles. The van der Waals surface area contributed by atoms with Crippen LogP contribution in [0.25, 0.3) is 0 Å². The van der Waals surface area contributed by atoms with E-state index >= 15 is 0 Å². The fourth-order valence-corrected chi connectivity index (χ4v) is 6.02. The number of hydrogen-bond acceptors (Lipinski definition) is 4. The molecule has 2 aromatic carbocycles. The van der Waals surface area contributed by atoms with Gasteiger partial charge in [-0.05, 0) is 47.4 Å². The Labute approximate surface area is 192 Å². The summed E-state index contributed by atoms with van der Waals surface area (Å²) in [5.41, 5.74) is 1.06. The Bertz CT molecular complexity index is 1350. The zero-order valence-electron chi connectivity index (χ0n) is 18.7. The van der Waals surface area contributed by atoms with Crippen molar-refractivity contribution < 1.29 is 22.7 Å². The van der Waals surface area contributed by atoms with Crippen molar-refractivity contribution in [3.05, 3.63) is 76.3 Å². The van der Waals surface area contributed by atoms with Crippen LogP contribution >= 0.6 is 0 Å². The van der Waals surface area contributed by atoms with Crippen LogP contribution in [0.5, 0.6) is 0 Å². The topological polar surface area (TPSA) is 87.0 Å². The maximum atomic E-state index is 14.3. The SMILES string of the molecule is CC(C)(C)[C@H]1C(O)=C(C2=NS(=O)(=O)c3ccccc32)C(=O)N1Cc1ccc(F)c(C2CC2)c1. The van der Waals surface area contributed by atoms with Crippen LogP contribution in [-0.2, 0) is 21.4 Å². The van der Waals surface area contributed by atoms with Crippen LogP contribution in [0.2, 0.25) is 0 Å². The minimum Gasteiger partial charge on any atom is -0.509 e. The third-order valence-corrected chi connectivity index (χ3v) is 7.76. The summed E-state index contributed by atoms with van der Waals surface area (Å²) < 4.78 is 43.3. The van der Waals surface area contributed by atoms with Gasteiger partial charge in [-0.1, -0.05) is 51.1 Å². The molecule has 1 N–H and O–H groups in total. The molecule has 1 amide bonds. The van der Waals surface area contributed by atoms with Crippen LogP contribution in [-0.4, -0.2) is 36.1 Å². The number of nitrogens with zero attached hydrogens (tertiary/aromatic N) is 2. The number of sulfonamides is 1. The third-order valence-electron chi connectivity index (χ3n) is 6.42. The van der Waals surface area contributed by atoms with E-state index in [0.717, 1.165) is 18.4 Å². The average Bonchev–Trinajstić information content (AvgIpc) is 3.49. The van der Waals surface area contributed by atoms with Crippen molar-refractivity contribution in [2.75, 3.05) is 0 Å². The number of hydrogen-bond donors (Lipinski definition) is 1. The summed E-state index contributed by atoms with van der Waals surface area (Å²) in [4.78, 5) is 15.2. The van der Waals surface area contributed by atoms with Crippen molar-refractivity contribution in [1.82, 2.24) is 4.90 Å². The van der Waals surface area contributed by atoms with Gasteiger partial charge in [0.1, 0.15) is 22.9 Å². The van der Waals surface area contributed by atoms with Gasteiger partial charge >= 0.3 is 0 Å². The zero-order chi connectivity index (χ0) is 23.7. The van der Waals surface area contributed by atoms with Crippen LogP contribution in [0.15, 0.2) is 63.1 Å². The highest BCUT2D eigenvalue weighted by molar-refractivity contribution is 7.90. The minimum atomic E-state index is -3.95. The predicted molar refractivity (Wildman–Crippen MR) is 122 cm³/mol. The molecule has 0 aromatic heterocycles. The summed E-state index contributed by atoms with van der Waals surface area (Å²) in [5.74, 6) is -0.711. The number of fused-ring (bicyclic) bond motifs is 1. The molecule has 1 atom stereocenters. The monoisotopic (exact) mass is 468 g/mol. The number of carbonyl (C=O) groups excluding carboxylic acids is 1. The molecule has 6 nitrogen and oxygen atoms in total. The van der Waals surface area contributed by atoms with Crippen molar-refractivity contribution in [1.29, 1.82) is 0 Å². The van der Waals surface area contributed by atoms with E-state index in [4.69, 9.17) is 0 Å². The molecular weight excluding hydrogens is 443 g/mol. The average molecular weight is 469 g/mol. The highest BCUT2D eigenvalue weighted by Gasteiger charge is 2.49. The number of benzene rings is 2. The lowest BCUT2D eigenvalue weighted by molar-refractivity contribution is -0.129. The van der Waals surface area contributed by atoms with E-state index in [1.807, 2.05) is 20.8 Å². The smallest absolute Gasteiger partial charge is 0.283 e. The molecule has 2 aliphatic heterocycles. The molecule has 0 spiro atoms. The van der Waals surface area contributed by atoms with E-state index < -0.39 is 27.4 Å². The van der Waals surface area contributed by atoms with Crippen LogP contribution in [0.4, 0.5) is 4.39 Å². The Balaban J connectivity index is 1.57. The Morgan fingerprint density at radius 1 is 1.15 bits per heavy atom. The first-order valence-electron chi connectivity index (χ1n) is 11.0. The van der Waals surface area contributed by atoms with Crippen molar-refractivity contribution in [2.45, 2.75) is 57.0 Å². The highest BCUT2D eigenvalue weighted by atomic mass is 32.2. The molecule has 0 bridgehead atoms. The number of halogens is 1. The van der Waals surface area contributed by atoms with Crippen LogP contribution in [0.1, 0.15) is 56.2 Å². The van der Waals surface area contributed by atoms with E-state index in [1.54, 1.807) is 30.3 Å². The van der Waals surface area contributed by atoms with Crippen LogP contribution in [0.3, 0.4) is 0 Å².